The molecule has 0 radical (unpaired) electrons. The number of halogens is 1. The zero-order chi connectivity index (χ0) is 17.3. The normalized spacial score (nSPS) is 34.6. The Hall–Kier alpha value is -1.92. The number of hydrogen-bond acceptors (Lipinski definition) is 4. The van der Waals surface area contributed by atoms with Gasteiger partial charge in [-0.15, -0.1) is 6.58 Å². The summed E-state index contributed by atoms with van der Waals surface area (Å²) in [4.78, 5) is 3.90. The van der Waals surface area contributed by atoms with E-state index in [9.17, 15) is 4.39 Å². The summed E-state index contributed by atoms with van der Waals surface area (Å²) in [6.07, 6.45) is 6.18. The van der Waals surface area contributed by atoms with Crippen LogP contribution in [0.2, 0.25) is 0 Å². The molecule has 24 heavy (non-hydrogen) atoms. The van der Waals surface area contributed by atoms with Crippen LogP contribution in [0.1, 0.15) is 33.6 Å². The number of fused-ring (bicyclic) bond motifs is 2. The van der Waals surface area contributed by atoms with E-state index in [1.54, 1.807) is 6.07 Å². The number of hydrogen-bond donors (Lipinski definition) is 1. The third kappa shape index (κ3) is 1.84. The summed E-state index contributed by atoms with van der Waals surface area (Å²) in [7, 11) is 0. The van der Waals surface area contributed by atoms with Gasteiger partial charge >= 0.3 is 0 Å². The Morgan fingerprint density at radius 3 is 2.88 bits per heavy atom. The second-order valence-corrected chi connectivity index (χ2v) is 7.49. The van der Waals surface area contributed by atoms with Gasteiger partial charge in [-0.1, -0.05) is 13.0 Å². The highest BCUT2D eigenvalue weighted by Gasteiger charge is 2.64. The molecule has 3 atom stereocenters. The summed E-state index contributed by atoms with van der Waals surface area (Å²) >= 11 is 0. The third-order valence-corrected chi connectivity index (χ3v) is 5.43. The molecule has 2 fully saturated rings. The van der Waals surface area contributed by atoms with E-state index in [1.807, 2.05) is 30.7 Å². The third-order valence-electron chi connectivity index (χ3n) is 5.43. The zero-order valence-corrected chi connectivity index (χ0v) is 14.2. The summed E-state index contributed by atoms with van der Waals surface area (Å²) in [5.74, 6) is -0.875. The molecule has 6 heteroatoms. The maximum atomic E-state index is 14.6. The summed E-state index contributed by atoms with van der Waals surface area (Å²) in [5, 5.41) is 0.587. The first-order chi connectivity index (χ1) is 11.2. The molecule has 1 saturated heterocycles. The van der Waals surface area contributed by atoms with Gasteiger partial charge in [-0.05, 0) is 32.8 Å². The summed E-state index contributed by atoms with van der Waals surface area (Å²) < 4.78 is 29.0. The van der Waals surface area contributed by atoms with E-state index in [4.69, 9.17) is 15.2 Å². The van der Waals surface area contributed by atoms with Crippen molar-refractivity contribution in [3.63, 3.8) is 0 Å². The van der Waals surface area contributed by atoms with Gasteiger partial charge < -0.3 is 19.8 Å². The van der Waals surface area contributed by atoms with Crippen molar-refractivity contribution in [1.82, 2.24) is 9.55 Å². The zero-order valence-electron chi connectivity index (χ0n) is 14.2. The molecular weight excluding hydrogens is 309 g/mol. The fourth-order valence-electron chi connectivity index (χ4n) is 4.25. The van der Waals surface area contributed by atoms with E-state index >= 15 is 0 Å². The summed E-state index contributed by atoms with van der Waals surface area (Å²) in [6, 6.07) is 1.78. The van der Waals surface area contributed by atoms with Crippen molar-refractivity contribution >= 4 is 16.7 Å². The van der Waals surface area contributed by atoms with E-state index in [0.717, 1.165) is 12.6 Å². The number of rotatable bonds is 2. The molecule has 5 nitrogen and oxygen atoms in total. The molecule has 1 aliphatic carbocycles. The lowest BCUT2D eigenvalue weighted by molar-refractivity contribution is -0.188. The number of pyridine rings is 1. The molecule has 2 aliphatic rings. The first-order valence-electron chi connectivity index (χ1n) is 8.16. The van der Waals surface area contributed by atoms with Crippen LogP contribution in [-0.4, -0.2) is 21.4 Å². The Morgan fingerprint density at radius 1 is 1.42 bits per heavy atom. The first-order valence-corrected chi connectivity index (χ1v) is 8.16. The van der Waals surface area contributed by atoms with Crippen molar-refractivity contribution in [2.75, 3.05) is 5.73 Å². The van der Waals surface area contributed by atoms with Crippen LogP contribution in [0.15, 0.2) is 31.1 Å². The molecule has 0 spiro atoms. The van der Waals surface area contributed by atoms with E-state index in [1.165, 1.54) is 0 Å². The molecule has 3 heterocycles. The fourth-order valence-corrected chi connectivity index (χ4v) is 4.25. The predicted octanol–water partition coefficient (Wildman–Crippen LogP) is 3.55. The minimum atomic E-state index is -0.789. The average Bonchev–Trinajstić information content (AvgIpc) is 3.15. The maximum absolute atomic E-state index is 14.6. The number of aromatic nitrogens is 2. The van der Waals surface area contributed by atoms with E-state index in [0.29, 0.717) is 23.1 Å². The molecule has 128 valence electrons. The van der Waals surface area contributed by atoms with E-state index < -0.39 is 17.3 Å². The topological polar surface area (TPSA) is 62.3 Å². The van der Waals surface area contributed by atoms with Crippen LogP contribution in [0.4, 0.5) is 10.2 Å². The molecule has 1 aliphatic heterocycles. The van der Waals surface area contributed by atoms with Gasteiger partial charge in [0, 0.05) is 17.0 Å². The van der Waals surface area contributed by atoms with E-state index in [2.05, 4.69) is 18.5 Å². The van der Waals surface area contributed by atoms with Gasteiger partial charge in [0.15, 0.2) is 17.3 Å². The van der Waals surface area contributed by atoms with Crippen molar-refractivity contribution in [2.24, 2.45) is 5.41 Å². The highest BCUT2D eigenvalue weighted by molar-refractivity contribution is 5.89. The number of nitrogen functional groups attached to an aromatic ring is 1. The molecule has 0 bridgehead atoms. The van der Waals surface area contributed by atoms with Crippen LogP contribution in [0.25, 0.3) is 10.9 Å². The molecule has 2 aromatic heterocycles. The molecule has 0 amide bonds. The van der Waals surface area contributed by atoms with Gasteiger partial charge in [-0.3, -0.25) is 0 Å². The number of anilines is 1. The highest BCUT2D eigenvalue weighted by Crippen LogP contribution is 2.58. The Labute approximate surface area is 140 Å². The Morgan fingerprint density at radius 2 is 2.17 bits per heavy atom. The van der Waals surface area contributed by atoms with Crippen molar-refractivity contribution in [3.05, 3.63) is 36.9 Å². The SMILES string of the molecule is C=C[C@@]1(C)CC[C@@]2(n3ccc4c(N)ncc(F)c43)OC(C)(C)O[C@H]12. The van der Waals surface area contributed by atoms with Crippen LogP contribution < -0.4 is 5.73 Å². The van der Waals surface area contributed by atoms with Crippen LogP contribution in [0.5, 0.6) is 0 Å². The average molecular weight is 331 g/mol. The standard InChI is InChI=1S/C18H22FN3O2/c1-5-17(4)7-8-18(15(17)23-16(2,3)24-18)22-9-6-11-13(22)12(19)10-21-14(11)20/h5-6,9-10,15H,1,7-8H2,2-4H3,(H2,20,21)/t15-,17+,18-/m1/s1. The fraction of sp³-hybridized carbons (Fsp3) is 0.500. The Bertz CT molecular complexity index is 846. The van der Waals surface area contributed by atoms with E-state index in [-0.39, 0.29) is 11.5 Å². The summed E-state index contributed by atoms with van der Waals surface area (Å²) in [6.45, 7) is 9.85. The smallest absolute Gasteiger partial charge is 0.175 e. The van der Waals surface area contributed by atoms with Crippen molar-refractivity contribution in [2.45, 2.75) is 51.2 Å². The molecule has 0 unspecified atom stereocenters. The molecule has 2 N–H and O–H groups in total. The van der Waals surface area contributed by atoms with Crippen LogP contribution in [0.3, 0.4) is 0 Å². The molecule has 2 aromatic rings. The van der Waals surface area contributed by atoms with Crippen molar-refractivity contribution in [1.29, 1.82) is 0 Å². The quantitative estimate of drug-likeness (QED) is 0.855. The van der Waals surface area contributed by atoms with Crippen molar-refractivity contribution < 1.29 is 13.9 Å². The van der Waals surface area contributed by atoms with Gasteiger partial charge in [0.1, 0.15) is 11.9 Å². The van der Waals surface area contributed by atoms with Crippen molar-refractivity contribution in [3.8, 4) is 0 Å². The van der Waals surface area contributed by atoms with Crippen LogP contribution in [0, 0.1) is 11.2 Å². The van der Waals surface area contributed by atoms with Crippen LogP contribution >= 0.6 is 0 Å². The van der Waals surface area contributed by atoms with Gasteiger partial charge in [0.05, 0.1) is 11.7 Å². The van der Waals surface area contributed by atoms with Gasteiger partial charge in [-0.25, -0.2) is 9.37 Å². The van der Waals surface area contributed by atoms with Gasteiger partial charge in [0.25, 0.3) is 0 Å². The predicted molar refractivity (Wildman–Crippen MR) is 89.7 cm³/mol. The lowest BCUT2D eigenvalue weighted by Gasteiger charge is -2.33. The second kappa shape index (κ2) is 4.58. The molecule has 4 rings (SSSR count). The number of nitrogens with two attached hydrogens (primary N) is 1. The Balaban J connectivity index is 1.98. The highest BCUT2D eigenvalue weighted by atomic mass is 19.1. The largest absolute Gasteiger partial charge is 0.383 e. The Kier molecular flexibility index (Phi) is 2.98. The molecule has 0 aromatic carbocycles. The van der Waals surface area contributed by atoms with Gasteiger partial charge in [0.2, 0.25) is 0 Å². The number of ether oxygens (including phenoxy) is 2. The minimum absolute atomic E-state index is 0.251. The molecule has 1 saturated carbocycles. The second-order valence-electron chi connectivity index (χ2n) is 7.49. The minimum Gasteiger partial charge on any atom is -0.383 e. The summed E-state index contributed by atoms with van der Waals surface area (Å²) in [5.41, 5.74) is 5.29. The molecular formula is C18H22FN3O2. The lowest BCUT2D eigenvalue weighted by atomic mass is 9.85. The number of nitrogens with zero attached hydrogens (tertiary/aromatic N) is 2. The van der Waals surface area contributed by atoms with Gasteiger partial charge in [-0.2, -0.15) is 0 Å². The first kappa shape index (κ1) is 15.6. The van der Waals surface area contributed by atoms with Crippen LogP contribution in [-0.2, 0) is 15.2 Å². The lowest BCUT2D eigenvalue weighted by Crippen LogP contribution is -2.43. The maximum Gasteiger partial charge on any atom is 0.175 e. The monoisotopic (exact) mass is 331 g/mol.